The zero-order valence-corrected chi connectivity index (χ0v) is 29.0. The van der Waals surface area contributed by atoms with Gasteiger partial charge in [0.25, 0.3) is 5.91 Å². The van der Waals surface area contributed by atoms with E-state index in [0.29, 0.717) is 17.9 Å². The first-order valence-electron chi connectivity index (χ1n) is 15.9. The van der Waals surface area contributed by atoms with Crippen LogP contribution in [0.15, 0.2) is 36.4 Å². The van der Waals surface area contributed by atoms with Crippen LogP contribution >= 0.6 is 0 Å². The summed E-state index contributed by atoms with van der Waals surface area (Å²) in [6.45, 7) is 11.8. The summed E-state index contributed by atoms with van der Waals surface area (Å²) in [6.07, 6.45) is 2.95. The molecule has 1 atom stereocenters. The number of fused-ring (bicyclic) bond motifs is 1. The van der Waals surface area contributed by atoms with Gasteiger partial charge in [-0.2, -0.15) is 0 Å². The highest BCUT2D eigenvalue weighted by atomic mass is 32.2. The summed E-state index contributed by atoms with van der Waals surface area (Å²) in [5.74, 6) is 0.299. The molecule has 46 heavy (non-hydrogen) atoms. The summed E-state index contributed by atoms with van der Waals surface area (Å²) in [6, 6.07) is 11.6. The third-order valence-electron chi connectivity index (χ3n) is 9.11. The van der Waals surface area contributed by atoms with Crippen LogP contribution in [0.2, 0.25) is 0 Å². The number of ether oxygens (including phenoxy) is 1. The minimum absolute atomic E-state index is 0.108. The van der Waals surface area contributed by atoms with Crippen LogP contribution in [0.25, 0.3) is 10.9 Å². The SMILES string of the molecule is COc1c(NC(=O)c2cc3cccc(CN4CCCN(C(=O)[C@@H]5CCN(C)C5)CC4)c3n2C)cc(C(C)(C)C)cc1NS(C)(=O)=O. The Morgan fingerprint density at radius 1 is 1.00 bits per heavy atom. The van der Waals surface area contributed by atoms with Gasteiger partial charge in [-0.1, -0.05) is 39.0 Å². The van der Waals surface area contributed by atoms with E-state index >= 15 is 0 Å². The second-order valence-corrected chi connectivity index (χ2v) is 15.6. The predicted octanol–water partition coefficient (Wildman–Crippen LogP) is 4.09. The van der Waals surface area contributed by atoms with Crippen molar-refractivity contribution in [3.05, 3.63) is 53.2 Å². The molecule has 250 valence electrons. The highest BCUT2D eigenvalue weighted by molar-refractivity contribution is 7.92. The van der Waals surface area contributed by atoms with Gasteiger partial charge in [0.15, 0.2) is 5.75 Å². The van der Waals surface area contributed by atoms with E-state index in [2.05, 4.69) is 37.9 Å². The summed E-state index contributed by atoms with van der Waals surface area (Å²) in [5.41, 5.74) is 3.72. The van der Waals surface area contributed by atoms with Gasteiger partial charge in [-0.15, -0.1) is 0 Å². The number of para-hydroxylation sites is 1. The largest absolute Gasteiger partial charge is 0.492 e. The number of hydrogen-bond acceptors (Lipinski definition) is 7. The van der Waals surface area contributed by atoms with Crippen LogP contribution < -0.4 is 14.8 Å². The lowest BCUT2D eigenvalue weighted by Gasteiger charge is -2.25. The van der Waals surface area contributed by atoms with Gasteiger partial charge in [-0.25, -0.2) is 8.42 Å². The quantitative estimate of drug-likeness (QED) is 0.377. The number of rotatable bonds is 8. The van der Waals surface area contributed by atoms with Crippen LogP contribution in [0.1, 0.15) is 55.2 Å². The number of nitrogens with one attached hydrogen (secondary N) is 2. The topological polar surface area (TPSA) is 116 Å². The number of likely N-dealkylation sites (tertiary alicyclic amines) is 1. The van der Waals surface area contributed by atoms with Gasteiger partial charge in [0.05, 0.1) is 36.2 Å². The molecule has 0 bridgehead atoms. The summed E-state index contributed by atoms with van der Waals surface area (Å²) in [7, 11) is 1.82. The Morgan fingerprint density at radius 2 is 1.74 bits per heavy atom. The van der Waals surface area contributed by atoms with Gasteiger partial charge in [0.2, 0.25) is 15.9 Å². The molecule has 0 aliphatic carbocycles. The minimum Gasteiger partial charge on any atom is -0.492 e. The molecule has 11 nitrogen and oxygen atoms in total. The Balaban J connectivity index is 1.37. The van der Waals surface area contributed by atoms with Crippen molar-refractivity contribution in [1.29, 1.82) is 0 Å². The lowest BCUT2D eigenvalue weighted by atomic mass is 9.86. The fourth-order valence-corrected chi connectivity index (χ4v) is 7.22. The number of benzene rings is 2. The van der Waals surface area contributed by atoms with Crippen LogP contribution in [0, 0.1) is 5.92 Å². The highest BCUT2D eigenvalue weighted by Crippen LogP contribution is 2.39. The van der Waals surface area contributed by atoms with Crippen LogP contribution in [0.5, 0.6) is 5.75 Å². The predicted molar refractivity (Wildman–Crippen MR) is 183 cm³/mol. The fourth-order valence-electron chi connectivity index (χ4n) is 6.67. The van der Waals surface area contributed by atoms with Gasteiger partial charge < -0.3 is 24.4 Å². The first-order valence-corrected chi connectivity index (χ1v) is 17.8. The number of anilines is 2. The van der Waals surface area contributed by atoms with Crippen LogP contribution in [0.4, 0.5) is 11.4 Å². The number of hydrogen-bond donors (Lipinski definition) is 2. The highest BCUT2D eigenvalue weighted by Gasteiger charge is 2.31. The molecule has 3 heterocycles. The third-order valence-corrected chi connectivity index (χ3v) is 9.70. The number of sulfonamides is 1. The molecule has 5 rings (SSSR count). The lowest BCUT2D eigenvalue weighted by molar-refractivity contribution is -0.135. The lowest BCUT2D eigenvalue weighted by Crippen LogP contribution is -2.39. The maximum absolute atomic E-state index is 13.8. The van der Waals surface area contributed by atoms with Crippen molar-refractivity contribution in [3.8, 4) is 5.75 Å². The minimum atomic E-state index is -3.60. The van der Waals surface area contributed by atoms with Gasteiger partial charge in [-0.05, 0) is 61.2 Å². The molecular formula is C34H48N6O5S. The Hall–Kier alpha value is -3.61. The van der Waals surface area contributed by atoms with Gasteiger partial charge in [0, 0.05) is 51.7 Å². The molecule has 3 aromatic rings. The number of amides is 2. The fraction of sp³-hybridized carbons (Fsp3) is 0.529. The monoisotopic (exact) mass is 652 g/mol. The molecule has 2 saturated heterocycles. The van der Waals surface area contributed by atoms with Crippen molar-refractivity contribution in [1.82, 2.24) is 19.3 Å². The number of nitrogens with zero attached hydrogens (tertiary/aromatic N) is 4. The van der Waals surface area contributed by atoms with Crippen molar-refractivity contribution in [2.45, 2.75) is 45.6 Å². The zero-order valence-electron chi connectivity index (χ0n) is 28.1. The second-order valence-electron chi connectivity index (χ2n) is 13.8. The Bertz CT molecular complexity index is 1730. The number of carbonyl (C=O) groups excluding carboxylic acids is 2. The smallest absolute Gasteiger partial charge is 0.272 e. The van der Waals surface area contributed by atoms with Crippen molar-refractivity contribution in [3.63, 3.8) is 0 Å². The molecule has 2 N–H and O–H groups in total. The average Bonchev–Trinajstić information content (AvgIpc) is 3.47. The molecule has 0 spiro atoms. The standard InChI is InChI=1S/C34H48N6O5S/c1-34(2,3)26-19-27(31(45-6)28(20-26)36-46(7,43)44)35-32(41)29-18-23-10-8-11-24(30(23)38(29)5)22-39-13-9-14-40(17-16-39)33(42)25-12-15-37(4)21-25/h8,10-11,18-20,25,36H,9,12-17,21-22H2,1-7H3,(H,35,41)/t25-/m1/s1. The number of carbonyl (C=O) groups is 2. The van der Waals surface area contributed by atoms with E-state index < -0.39 is 10.0 Å². The molecule has 2 aliphatic rings. The van der Waals surface area contributed by atoms with E-state index in [-0.39, 0.29) is 34.6 Å². The molecule has 2 amide bonds. The summed E-state index contributed by atoms with van der Waals surface area (Å²) < 4.78 is 34.4. The molecule has 2 aliphatic heterocycles. The molecule has 2 fully saturated rings. The maximum atomic E-state index is 13.8. The van der Waals surface area contributed by atoms with E-state index in [1.165, 1.54) is 7.11 Å². The number of methoxy groups -OCH3 is 1. The summed E-state index contributed by atoms with van der Waals surface area (Å²) in [4.78, 5) is 33.7. The average molecular weight is 653 g/mol. The van der Waals surface area contributed by atoms with E-state index in [1.807, 2.05) is 56.7 Å². The number of aryl methyl sites for hydroxylation is 1. The third kappa shape index (κ3) is 7.50. The van der Waals surface area contributed by atoms with Gasteiger partial charge >= 0.3 is 0 Å². The Kier molecular flexibility index (Phi) is 9.72. The first-order chi connectivity index (χ1) is 21.6. The maximum Gasteiger partial charge on any atom is 0.272 e. The van der Waals surface area contributed by atoms with E-state index in [0.717, 1.165) is 80.4 Å². The summed E-state index contributed by atoms with van der Waals surface area (Å²) in [5, 5.41) is 3.95. The molecular weight excluding hydrogens is 604 g/mol. The second kappa shape index (κ2) is 13.2. The van der Waals surface area contributed by atoms with Crippen molar-refractivity contribution < 1.29 is 22.7 Å². The van der Waals surface area contributed by atoms with Gasteiger partial charge in [-0.3, -0.25) is 19.2 Å². The van der Waals surface area contributed by atoms with E-state index in [9.17, 15) is 18.0 Å². The number of aromatic nitrogens is 1. The van der Waals surface area contributed by atoms with Crippen molar-refractivity contribution >= 4 is 44.1 Å². The van der Waals surface area contributed by atoms with Gasteiger partial charge in [0.1, 0.15) is 5.69 Å². The van der Waals surface area contributed by atoms with E-state index in [4.69, 9.17) is 4.74 Å². The molecule has 0 unspecified atom stereocenters. The normalized spacial score (nSPS) is 18.5. The Morgan fingerprint density at radius 3 is 2.39 bits per heavy atom. The molecule has 0 saturated carbocycles. The molecule has 2 aromatic carbocycles. The Labute approximate surface area is 272 Å². The summed E-state index contributed by atoms with van der Waals surface area (Å²) >= 11 is 0. The van der Waals surface area contributed by atoms with Crippen LogP contribution in [0.3, 0.4) is 0 Å². The van der Waals surface area contributed by atoms with Crippen LogP contribution in [-0.4, -0.2) is 99.2 Å². The van der Waals surface area contributed by atoms with Crippen molar-refractivity contribution in [2.75, 3.05) is 69.7 Å². The molecule has 1 aromatic heterocycles. The molecule has 0 radical (unpaired) electrons. The zero-order chi connectivity index (χ0) is 33.4. The van der Waals surface area contributed by atoms with Crippen LogP contribution in [-0.2, 0) is 33.8 Å². The first kappa shape index (κ1) is 33.7. The van der Waals surface area contributed by atoms with Crippen molar-refractivity contribution in [2.24, 2.45) is 13.0 Å². The molecule has 12 heteroatoms. The van der Waals surface area contributed by atoms with E-state index in [1.54, 1.807) is 6.07 Å².